The Balaban J connectivity index is 1.89. The van der Waals surface area contributed by atoms with Crippen molar-refractivity contribution in [2.75, 3.05) is 0 Å². The van der Waals surface area contributed by atoms with Gasteiger partial charge in [-0.25, -0.2) is 0 Å². The van der Waals surface area contributed by atoms with Gasteiger partial charge in [-0.2, -0.15) is 0 Å². The molecule has 0 saturated carbocycles. The third-order valence-corrected chi connectivity index (χ3v) is 3.69. The Morgan fingerprint density at radius 1 is 1.05 bits per heavy atom. The molecule has 0 fully saturated rings. The lowest BCUT2D eigenvalue weighted by molar-refractivity contribution is 0.152. The molecule has 1 aromatic heterocycles. The number of rotatable bonds is 3. The van der Waals surface area contributed by atoms with Crippen molar-refractivity contribution in [3.8, 4) is 0 Å². The Labute approximate surface area is 126 Å². The molecular formula is C16H12Cl2O2. The van der Waals surface area contributed by atoms with Crippen LogP contribution < -0.4 is 0 Å². The average molecular weight is 307 g/mol. The van der Waals surface area contributed by atoms with Gasteiger partial charge >= 0.3 is 0 Å². The number of halogens is 2. The number of fused-ring (bicyclic) bond motifs is 1. The van der Waals surface area contributed by atoms with Gasteiger partial charge in [-0.3, -0.25) is 0 Å². The van der Waals surface area contributed by atoms with E-state index >= 15 is 0 Å². The maximum absolute atomic E-state index is 10.3. The molecule has 1 N–H and O–H groups in total. The maximum Gasteiger partial charge on any atom is 0.152 e. The van der Waals surface area contributed by atoms with Crippen molar-refractivity contribution in [2.45, 2.75) is 12.5 Å². The monoisotopic (exact) mass is 306 g/mol. The summed E-state index contributed by atoms with van der Waals surface area (Å²) in [5.74, 6) is 0.507. The number of hydrogen-bond acceptors (Lipinski definition) is 2. The highest BCUT2D eigenvalue weighted by atomic mass is 35.5. The first-order valence-corrected chi connectivity index (χ1v) is 6.99. The SMILES string of the molecule is OC(Cc1cccc(Cl)c1)c1cc2cccc(Cl)c2o1. The van der Waals surface area contributed by atoms with Crippen LogP contribution in [0.25, 0.3) is 11.0 Å². The van der Waals surface area contributed by atoms with Crippen LogP contribution in [0, 0.1) is 0 Å². The van der Waals surface area contributed by atoms with E-state index in [0.717, 1.165) is 10.9 Å². The first-order chi connectivity index (χ1) is 9.63. The van der Waals surface area contributed by atoms with Crippen LogP contribution in [0.4, 0.5) is 0 Å². The second kappa shape index (κ2) is 5.49. The second-order valence-corrected chi connectivity index (χ2v) is 5.50. The van der Waals surface area contributed by atoms with E-state index < -0.39 is 6.10 Å². The first kappa shape index (κ1) is 13.5. The molecule has 0 aliphatic carbocycles. The van der Waals surface area contributed by atoms with E-state index in [-0.39, 0.29) is 0 Å². The third kappa shape index (κ3) is 2.68. The highest BCUT2D eigenvalue weighted by Gasteiger charge is 2.15. The fourth-order valence-corrected chi connectivity index (χ4v) is 2.63. The van der Waals surface area contributed by atoms with Crippen LogP contribution in [0.2, 0.25) is 10.0 Å². The minimum absolute atomic E-state index is 0.442. The normalized spacial score (nSPS) is 12.8. The van der Waals surface area contributed by atoms with Gasteiger partial charge < -0.3 is 9.52 Å². The Morgan fingerprint density at radius 3 is 2.60 bits per heavy atom. The van der Waals surface area contributed by atoms with E-state index in [1.54, 1.807) is 12.1 Å². The molecule has 0 amide bonds. The van der Waals surface area contributed by atoms with E-state index in [4.69, 9.17) is 27.6 Å². The number of aliphatic hydroxyl groups is 1. The molecule has 1 heterocycles. The molecule has 1 unspecified atom stereocenters. The lowest BCUT2D eigenvalue weighted by Crippen LogP contribution is -2.00. The minimum Gasteiger partial charge on any atom is -0.457 e. The summed E-state index contributed by atoms with van der Waals surface area (Å²) < 4.78 is 5.65. The molecule has 1 atom stereocenters. The standard InChI is InChI=1S/C16H12Cl2O2/c17-12-5-1-3-10(7-12)8-14(19)15-9-11-4-2-6-13(18)16(11)20-15/h1-7,9,14,19H,8H2. The summed E-state index contributed by atoms with van der Waals surface area (Å²) in [7, 11) is 0. The topological polar surface area (TPSA) is 33.4 Å². The molecule has 0 aliphatic rings. The third-order valence-electron chi connectivity index (χ3n) is 3.16. The summed E-state index contributed by atoms with van der Waals surface area (Å²) in [6, 6.07) is 14.8. The lowest BCUT2D eigenvalue weighted by Gasteiger charge is -2.07. The van der Waals surface area contributed by atoms with Gasteiger partial charge in [0.25, 0.3) is 0 Å². The molecule has 0 spiro atoms. The van der Waals surface area contributed by atoms with E-state index in [1.807, 2.05) is 36.4 Å². The summed E-state index contributed by atoms with van der Waals surface area (Å²) >= 11 is 12.0. The lowest BCUT2D eigenvalue weighted by atomic mass is 10.1. The zero-order chi connectivity index (χ0) is 14.1. The number of hydrogen-bond donors (Lipinski definition) is 1. The summed E-state index contributed by atoms with van der Waals surface area (Å²) in [6.07, 6.45) is -0.283. The quantitative estimate of drug-likeness (QED) is 0.737. The van der Waals surface area contributed by atoms with Crippen molar-refractivity contribution in [2.24, 2.45) is 0 Å². The van der Waals surface area contributed by atoms with Crippen LogP contribution in [0.3, 0.4) is 0 Å². The molecule has 102 valence electrons. The molecule has 2 nitrogen and oxygen atoms in total. The fraction of sp³-hybridized carbons (Fsp3) is 0.125. The number of para-hydroxylation sites is 1. The largest absolute Gasteiger partial charge is 0.457 e. The molecular weight excluding hydrogens is 295 g/mol. The van der Waals surface area contributed by atoms with Gasteiger partial charge in [-0.15, -0.1) is 0 Å². The summed E-state index contributed by atoms with van der Waals surface area (Å²) in [4.78, 5) is 0. The summed E-state index contributed by atoms with van der Waals surface area (Å²) in [5, 5.41) is 12.4. The van der Waals surface area contributed by atoms with Crippen LogP contribution in [-0.2, 0) is 6.42 Å². The smallest absolute Gasteiger partial charge is 0.152 e. The van der Waals surface area contributed by atoms with Crippen molar-refractivity contribution >= 4 is 34.2 Å². The van der Waals surface area contributed by atoms with Crippen molar-refractivity contribution in [1.29, 1.82) is 0 Å². The number of benzene rings is 2. The average Bonchev–Trinajstić information content (AvgIpc) is 2.84. The van der Waals surface area contributed by atoms with Crippen LogP contribution in [0.5, 0.6) is 0 Å². The predicted molar refractivity (Wildman–Crippen MR) is 81.3 cm³/mol. The van der Waals surface area contributed by atoms with Crippen LogP contribution in [0.15, 0.2) is 52.9 Å². The molecule has 0 radical (unpaired) electrons. The predicted octanol–water partition coefficient (Wildman–Crippen LogP) is 5.02. The molecule has 3 aromatic rings. The Kier molecular flexibility index (Phi) is 3.70. The summed E-state index contributed by atoms with van der Waals surface area (Å²) in [6.45, 7) is 0. The fourth-order valence-electron chi connectivity index (χ4n) is 2.20. The molecule has 0 saturated heterocycles. The van der Waals surface area contributed by atoms with Crippen LogP contribution in [0.1, 0.15) is 17.4 Å². The molecule has 0 aliphatic heterocycles. The maximum atomic E-state index is 10.3. The molecule has 4 heteroatoms. The van der Waals surface area contributed by atoms with Gasteiger partial charge in [0.05, 0.1) is 5.02 Å². The van der Waals surface area contributed by atoms with E-state index in [2.05, 4.69) is 0 Å². The van der Waals surface area contributed by atoms with E-state index in [9.17, 15) is 5.11 Å². The molecule has 2 aromatic carbocycles. The highest BCUT2D eigenvalue weighted by molar-refractivity contribution is 6.34. The van der Waals surface area contributed by atoms with Crippen molar-refractivity contribution in [1.82, 2.24) is 0 Å². The van der Waals surface area contributed by atoms with Crippen molar-refractivity contribution < 1.29 is 9.52 Å². The zero-order valence-corrected chi connectivity index (χ0v) is 12.0. The molecule has 3 rings (SSSR count). The molecule has 0 bridgehead atoms. The van der Waals surface area contributed by atoms with Gasteiger partial charge in [-0.05, 0) is 29.8 Å². The van der Waals surface area contributed by atoms with Gasteiger partial charge in [0, 0.05) is 16.8 Å². The van der Waals surface area contributed by atoms with Gasteiger partial charge in [0.1, 0.15) is 11.9 Å². The van der Waals surface area contributed by atoms with Crippen LogP contribution in [-0.4, -0.2) is 5.11 Å². The minimum atomic E-state index is -0.725. The Morgan fingerprint density at radius 2 is 1.85 bits per heavy atom. The number of aliphatic hydroxyl groups excluding tert-OH is 1. The Hall–Kier alpha value is -1.48. The van der Waals surface area contributed by atoms with Crippen molar-refractivity contribution in [3.63, 3.8) is 0 Å². The Bertz CT molecular complexity index is 749. The summed E-state index contributed by atoms with van der Waals surface area (Å²) in [5.41, 5.74) is 1.56. The van der Waals surface area contributed by atoms with Gasteiger partial charge in [-0.1, -0.05) is 47.5 Å². The zero-order valence-electron chi connectivity index (χ0n) is 10.5. The number of furan rings is 1. The second-order valence-electron chi connectivity index (χ2n) is 4.66. The van der Waals surface area contributed by atoms with Crippen LogP contribution >= 0.6 is 23.2 Å². The van der Waals surface area contributed by atoms with E-state index in [0.29, 0.717) is 27.8 Å². The van der Waals surface area contributed by atoms with Crippen molar-refractivity contribution in [3.05, 3.63) is 69.9 Å². The first-order valence-electron chi connectivity index (χ1n) is 6.24. The molecule has 20 heavy (non-hydrogen) atoms. The highest BCUT2D eigenvalue weighted by Crippen LogP contribution is 2.30. The van der Waals surface area contributed by atoms with E-state index in [1.165, 1.54) is 0 Å². The van der Waals surface area contributed by atoms with Gasteiger partial charge in [0.2, 0.25) is 0 Å². The van der Waals surface area contributed by atoms with Gasteiger partial charge in [0.15, 0.2) is 5.58 Å².